The summed E-state index contributed by atoms with van der Waals surface area (Å²) in [5, 5.41) is 12.4. The summed E-state index contributed by atoms with van der Waals surface area (Å²) in [6.45, 7) is 7.73. The molecule has 1 fully saturated rings. The first kappa shape index (κ1) is 18.6. The van der Waals surface area contributed by atoms with E-state index in [1.807, 2.05) is 22.9 Å². The second kappa shape index (κ2) is 8.06. The number of nitrogens with zero attached hydrogens (tertiary/aromatic N) is 6. The quantitative estimate of drug-likeness (QED) is 0.680. The smallest absolute Gasteiger partial charge is 0.173 e. The van der Waals surface area contributed by atoms with Crippen molar-refractivity contribution in [1.82, 2.24) is 25.1 Å². The van der Waals surface area contributed by atoms with Crippen molar-refractivity contribution in [2.45, 2.75) is 25.9 Å². The van der Waals surface area contributed by atoms with Gasteiger partial charge in [-0.25, -0.2) is 9.07 Å². The first-order chi connectivity index (χ1) is 13.6. The van der Waals surface area contributed by atoms with Gasteiger partial charge in [-0.2, -0.15) is 0 Å². The summed E-state index contributed by atoms with van der Waals surface area (Å²) in [6.07, 6.45) is 0. The molecule has 0 radical (unpaired) electrons. The van der Waals surface area contributed by atoms with Crippen molar-refractivity contribution in [3.8, 4) is 0 Å². The van der Waals surface area contributed by atoms with Gasteiger partial charge < -0.3 is 4.90 Å². The molecule has 2 heterocycles. The Morgan fingerprint density at radius 1 is 0.893 bits per heavy atom. The molecule has 4 rings (SSSR count). The Bertz CT molecular complexity index is 885. The Morgan fingerprint density at radius 2 is 1.57 bits per heavy atom. The highest BCUT2D eigenvalue weighted by molar-refractivity contribution is 5.46. The fourth-order valence-electron chi connectivity index (χ4n) is 3.79. The van der Waals surface area contributed by atoms with Crippen LogP contribution in [0.25, 0.3) is 0 Å². The number of benzene rings is 2. The lowest BCUT2D eigenvalue weighted by atomic mass is 10.0. The Kier molecular flexibility index (Phi) is 5.34. The van der Waals surface area contributed by atoms with Crippen LogP contribution in [0.2, 0.25) is 0 Å². The van der Waals surface area contributed by atoms with Gasteiger partial charge in [0.25, 0.3) is 0 Å². The normalized spacial score (nSPS) is 16.5. The number of piperazine rings is 1. The summed E-state index contributed by atoms with van der Waals surface area (Å²) in [5.41, 5.74) is 2.25. The Morgan fingerprint density at radius 3 is 2.21 bits per heavy atom. The van der Waals surface area contributed by atoms with Crippen molar-refractivity contribution in [1.29, 1.82) is 0 Å². The number of rotatable bonds is 5. The minimum atomic E-state index is -0.236. The van der Waals surface area contributed by atoms with Crippen molar-refractivity contribution in [3.63, 3.8) is 0 Å². The summed E-state index contributed by atoms with van der Waals surface area (Å²) in [6, 6.07) is 17.2. The lowest BCUT2D eigenvalue weighted by Crippen LogP contribution is -2.48. The number of tetrazole rings is 1. The maximum atomic E-state index is 13.5. The van der Waals surface area contributed by atoms with Crippen molar-refractivity contribution in [2.24, 2.45) is 0 Å². The Balaban J connectivity index is 1.61. The van der Waals surface area contributed by atoms with Gasteiger partial charge in [0.2, 0.25) is 0 Å². The van der Waals surface area contributed by atoms with Crippen LogP contribution in [-0.4, -0.2) is 51.3 Å². The molecule has 0 aliphatic carbocycles. The zero-order chi connectivity index (χ0) is 19.5. The van der Waals surface area contributed by atoms with Gasteiger partial charge in [-0.15, -0.1) is 5.10 Å². The third-order valence-electron chi connectivity index (χ3n) is 5.24. The number of aromatic nitrogens is 4. The maximum Gasteiger partial charge on any atom is 0.173 e. The first-order valence-electron chi connectivity index (χ1n) is 9.71. The van der Waals surface area contributed by atoms with E-state index in [1.54, 1.807) is 0 Å². The van der Waals surface area contributed by atoms with Gasteiger partial charge in [0.1, 0.15) is 5.82 Å². The minimum absolute atomic E-state index is 0.101. The number of anilines is 1. The molecule has 0 amide bonds. The van der Waals surface area contributed by atoms with Crippen LogP contribution in [0.4, 0.5) is 10.1 Å². The Hall–Kier alpha value is -2.80. The molecule has 28 heavy (non-hydrogen) atoms. The van der Waals surface area contributed by atoms with Crippen molar-refractivity contribution in [3.05, 3.63) is 71.8 Å². The maximum absolute atomic E-state index is 13.5. The predicted octanol–water partition coefficient (Wildman–Crippen LogP) is 3.30. The second-order valence-corrected chi connectivity index (χ2v) is 7.39. The number of para-hydroxylation sites is 1. The van der Waals surface area contributed by atoms with Crippen molar-refractivity contribution in [2.75, 3.05) is 31.1 Å². The standard InChI is InChI=1S/C21H25FN6/c1-16(2)28-21(23-24-25-28)20(17-8-10-18(22)11-9-17)27-14-12-26(13-15-27)19-6-4-3-5-7-19/h3-11,16,20H,12-15H2,1-2H3. The van der Waals surface area contributed by atoms with E-state index in [-0.39, 0.29) is 17.9 Å². The van der Waals surface area contributed by atoms with E-state index in [4.69, 9.17) is 0 Å². The number of hydrogen-bond donors (Lipinski definition) is 0. The van der Waals surface area contributed by atoms with Gasteiger partial charge in [0.05, 0.1) is 12.1 Å². The predicted molar refractivity (Wildman–Crippen MR) is 107 cm³/mol. The van der Waals surface area contributed by atoms with Gasteiger partial charge >= 0.3 is 0 Å². The molecular weight excluding hydrogens is 355 g/mol. The molecule has 1 saturated heterocycles. The lowest BCUT2D eigenvalue weighted by molar-refractivity contribution is 0.199. The molecule has 0 N–H and O–H groups in total. The van der Waals surface area contributed by atoms with Crippen LogP contribution in [0.1, 0.15) is 37.3 Å². The van der Waals surface area contributed by atoms with Gasteiger partial charge in [-0.05, 0) is 54.1 Å². The van der Waals surface area contributed by atoms with Crippen LogP contribution < -0.4 is 4.90 Å². The van der Waals surface area contributed by atoms with E-state index >= 15 is 0 Å². The van der Waals surface area contributed by atoms with Crippen LogP contribution >= 0.6 is 0 Å². The number of halogens is 1. The fraction of sp³-hybridized carbons (Fsp3) is 0.381. The molecule has 0 bridgehead atoms. The molecule has 6 nitrogen and oxygen atoms in total. The highest BCUT2D eigenvalue weighted by Gasteiger charge is 2.31. The average molecular weight is 380 g/mol. The third kappa shape index (κ3) is 3.75. The van der Waals surface area contributed by atoms with Gasteiger partial charge in [-0.1, -0.05) is 30.3 Å². The van der Waals surface area contributed by atoms with Crippen molar-refractivity contribution >= 4 is 5.69 Å². The molecule has 1 aliphatic heterocycles. The third-order valence-corrected chi connectivity index (χ3v) is 5.24. The highest BCUT2D eigenvalue weighted by Crippen LogP contribution is 2.30. The molecule has 3 aromatic rings. The highest BCUT2D eigenvalue weighted by atomic mass is 19.1. The molecule has 0 spiro atoms. The fourth-order valence-corrected chi connectivity index (χ4v) is 3.79. The van der Waals surface area contributed by atoms with Crippen LogP contribution in [-0.2, 0) is 0 Å². The topological polar surface area (TPSA) is 50.1 Å². The molecule has 1 aromatic heterocycles. The molecule has 146 valence electrons. The summed E-state index contributed by atoms with van der Waals surface area (Å²) in [5.74, 6) is 0.564. The minimum Gasteiger partial charge on any atom is -0.369 e. The molecule has 1 aliphatic rings. The first-order valence-corrected chi connectivity index (χ1v) is 9.71. The van der Waals surface area contributed by atoms with E-state index in [9.17, 15) is 4.39 Å². The van der Waals surface area contributed by atoms with Gasteiger partial charge in [0, 0.05) is 31.9 Å². The monoisotopic (exact) mass is 380 g/mol. The van der Waals surface area contributed by atoms with Gasteiger partial charge in [-0.3, -0.25) is 4.90 Å². The van der Waals surface area contributed by atoms with Crippen LogP contribution in [0.15, 0.2) is 54.6 Å². The van der Waals surface area contributed by atoms with E-state index in [2.05, 4.69) is 63.4 Å². The van der Waals surface area contributed by atoms with E-state index < -0.39 is 0 Å². The molecule has 0 saturated carbocycles. The van der Waals surface area contributed by atoms with Crippen LogP contribution in [0.5, 0.6) is 0 Å². The summed E-state index contributed by atoms with van der Waals surface area (Å²) < 4.78 is 15.4. The molecule has 7 heteroatoms. The van der Waals surface area contributed by atoms with Crippen LogP contribution in [0.3, 0.4) is 0 Å². The SMILES string of the molecule is CC(C)n1nnnc1C(c1ccc(F)cc1)N1CCN(c2ccccc2)CC1. The lowest BCUT2D eigenvalue weighted by Gasteiger charge is -2.40. The van der Waals surface area contributed by atoms with E-state index in [0.717, 1.165) is 37.6 Å². The largest absolute Gasteiger partial charge is 0.369 e. The molecule has 2 aromatic carbocycles. The summed E-state index contributed by atoms with van der Waals surface area (Å²) >= 11 is 0. The summed E-state index contributed by atoms with van der Waals surface area (Å²) in [4.78, 5) is 4.78. The molecule has 1 unspecified atom stereocenters. The average Bonchev–Trinajstić information content (AvgIpc) is 3.21. The molecule has 1 atom stereocenters. The van der Waals surface area contributed by atoms with Gasteiger partial charge in [0.15, 0.2) is 5.82 Å². The number of hydrogen-bond acceptors (Lipinski definition) is 5. The van der Waals surface area contributed by atoms with E-state index in [1.165, 1.54) is 17.8 Å². The zero-order valence-corrected chi connectivity index (χ0v) is 16.2. The molecular formula is C21H25FN6. The second-order valence-electron chi connectivity index (χ2n) is 7.39. The van der Waals surface area contributed by atoms with E-state index in [0.29, 0.717) is 0 Å². The Labute approximate surface area is 164 Å². The van der Waals surface area contributed by atoms with Crippen LogP contribution in [0, 0.1) is 5.82 Å². The summed E-state index contributed by atoms with van der Waals surface area (Å²) in [7, 11) is 0. The zero-order valence-electron chi connectivity index (χ0n) is 16.2. The van der Waals surface area contributed by atoms with Crippen molar-refractivity contribution < 1.29 is 4.39 Å².